The lowest BCUT2D eigenvalue weighted by Gasteiger charge is -2.12. The third-order valence-corrected chi connectivity index (χ3v) is 6.75. The molecular formula is C19H17Cl2N5O3S. The van der Waals surface area contributed by atoms with Gasteiger partial charge in [0.2, 0.25) is 10.0 Å². The van der Waals surface area contributed by atoms with E-state index in [0.29, 0.717) is 5.82 Å². The van der Waals surface area contributed by atoms with Crippen molar-refractivity contribution in [2.24, 2.45) is 0 Å². The Morgan fingerprint density at radius 1 is 1.17 bits per heavy atom. The Morgan fingerprint density at radius 2 is 1.97 bits per heavy atom. The maximum Gasteiger partial charge on any atom is 0.253 e. The minimum Gasteiger partial charge on any atom is -0.348 e. The predicted octanol–water partition coefficient (Wildman–Crippen LogP) is 2.94. The first-order valence-corrected chi connectivity index (χ1v) is 11.3. The maximum absolute atomic E-state index is 12.7. The van der Waals surface area contributed by atoms with Gasteiger partial charge < -0.3 is 5.32 Å². The van der Waals surface area contributed by atoms with Crippen molar-refractivity contribution in [1.29, 1.82) is 0 Å². The Kier molecular flexibility index (Phi) is 5.79. The molecule has 2 aromatic heterocycles. The second kappa shape index (κ2) is 8.35. The maximum atomic E-state index is 12.7. The van der Waals surface area contributed by atoms with Crippen LogP contribution >= 0.6 is 23.2 Å². The van der Waals surface area contributed by atoms with Crippen molar-refractivity contribution < 1.29 is 13.2 Å². The average molecular weight is 466 g/mol. The van der Waals surface area contributed by atoms with Crippen molar-refractivity contribution in [2.45, 2.75) is 30.3 Å². The van der Waals surface area contributed by atoms with Crippen LogP contribution in [0.1, 0.15) is 28.8 Å². The standard InChI is InChI=1S/C19H17Cl2N5O3S/c20-15-10-16(21)17(30(28,29)25-13-2-3-13)9-14(15)19(27)23-11-12-4-6-22-18(8-12)26-7-1-5-24-26/h1,4-10,13,25H,2-3,11H2,(H,23,27). The van der Waals surface area contributed by atoms with E-state index in [-0.39, 0.29) is 33.1 Å². The van der Waals surface area contributed by atoms with Crippen LogP contribution in [0.2, 0.25) is 10.0 Å². The number of carbonyl (C=O) groups is 1. The number of aromatic nitrogens is 3. The second-order valence-corrected chi connectivity index (χ2v) is 9.31. The molecule has 0 bridgehead atoms. The molecule has 8 nitrogen and oxygen atoms in total. The SMILES string of the molecule is O=C(NCc1ccnc(-n2cccn2)c1)c1cc(S(=O)(=O)NC2CC2)c(Cl)cc1Cl. The van der Waals surface area contributed by atoms with Crippen LogP contribution in [0, 0.1) is 0 Å². The first kappa shape index (κ1) is 20.8. The van der Waals surface area contributed by atoms with Crippen LogP contribution in [0.5, 0.6) is 0 Å². The summed E-state index contributed by atoms with van der Waals surface area (Å²) in [4.78, 5) is 16.8. The van der Waals surface area contributed by atoms with Crippen LogP contribution in [0.15, 0.2) is 53.8 Å². The Balaban J connectivity index is 1.52. The molecule has 1 aromatic carbocycles. The minimum atomic E-state index is -3.84. The average Bonchev–Trinajstić information content (AvgIpc) is 3.33. The van der Waals surface area contributed by atoms with E-state index in [1.54, 1.807) is 41.5 Å². The third-order valence-electron chi connectivity index (χ3n) is 4.46. The minimum absolute atomic E-state index is 0.0265. The summed E-state index contributed by atoms with van der Waals surface area (Å²) < 4.78 is 29.2. The van der Waals surface area contributed by atoms with Gasteiger partial charge in [-0.2, -0.15) is 5.10 Å². The van der Waals surface area contributed by atoms with Crippen LogP contribution < -0.4 is 10.0 Å². The molecule has 1 aliphatic rings. The van der Waals surface area contributed by atoms with Gasteiger partial charge in [0.1, 0.15) is 4.90 Å². The van der Waals surface area contributed by atoms with E-state index in [1.807, 2.05) is 0 Å². The molecule has 11 heteroatoms. The molecule has 2 heterocycles. The zero-order valence-corrected chi connectivity index (χ0v) is 17.9. The largest absolute Gasteiger partial charge is 0.348 e. The normalized spacial score (nSPS) is 13.9. The molecule has 1 saturated carbocycles. The predicted molar refractivity (Wildman–Crippen MR) is 112 cm³/mol. The molecule has 0 aliphatic heterocycles. The third kappa shape index (κ3) is 4.65. The van der Waals surface area contributed by atoms with Gasteiger partial charge >= 0.3 is 0 Å². The van der Waals surface area contributed by atoms with E-state index >= 15 is 0 Å². The zero-order valence-electron chi connectivity index (χ0n) is 15.5. The van der Waals surface area contributed by atoms with E-state index in [4.69, 9.17) is 23.2 Å². The molecule has 0 unspecified atom stereocenters. The summed E-state index contributed by atoms with van der Waals surface area (Å²) >= 11 is 12.2. The number of hydrogen-bond donors (Lipinski definition) is 2. The highest BCUT2D eigenvalue weighted by molar-refractivity contribution is 7.89. The number of pyridine rings is 1. The number of amides is 1. The molecule has 4 rings (SSSR count). The molecule has 2 N–H and O–H groups in total. The summed E-state index contributed by atoms with van der Waals surface area (Å²) in [6.07, 6.45) is 6.58. The monoisotopic (exact) mass is 465 g/mol. The van der Waals surface area contributed by atoms with Gasteiger partial charge in [-0.1, -0.05) is 23.2 Å². The van der Waals surface area contributed by atoms with Crippen LogP contribution in [0.4, 0.5) is 0 Å². The lowest BCUT2D eigenvalue weighted by atomic mass is 10.2. The lowest BCUT2D eigenvalue weighted by Crippen LogP contribution is -2.27. The molecule has 0 saturated heterocycles. The smallest absolute Gasteiger partial charge is 0.253 e. The van der Waals surface area contributed by atoms with Gasteiger partial charge in [0, 0.05) is 31.2 Å². The first-order valence-electron chi connectivity index (χ1n) is 9.08. The van der Waals surface area contributed by atoms with Crippen molar-refractivity contribution in [3.8, 4) is 5.82 Å². The van der Waals surface area contributed by atoms with Crippen molar-refractivity contribution >= 4 is 39.1 Å². The summed E-state index contributed by atoms with van der Waals surface area (Å²) in [6.45, 7) is 0.191. The van der Waals surface area contributed by atoms with Crippen molar-refractivity contribution in [3.63, 3.8) is 0 Å². The highest BCUT2D eigenvalue weighted by atomic mass is 35.5. The summed E-state index contributed by atoms with van der Waals surface area (Å²) in [5, 5.41) is 6.89. The number of nitrogens with one attached hydrogen (secondary N) is 2. The molecule has 1 amide bonds. The molecule has 30 heavy (non-hydrogen) atoms. The van der Waals surface area contributed by atoms with Gasteiger partial charge in [-0.3, -0.25) is 4.79 Å². The zero-order chi connectivity index (χ0) is 21.3. The number of nitrogens with zero attached hydrogens (tertiary/aromatic N) is 3. The van der Waals surface area contributed by atoms with Gasteiger partial charge in [0.25, 0.3) is 5.91 Å². The van der Waals surface area contributed by atoms with E-state index in [0.717, 1.165) is 18.4 Å². The quantitative estimate of drug-likeness (QED) is 0.557. The van der Waals surface area contributed by atoms with Gasteiger partial charge in [0.05, 0.1) is 15.6 Å². The number of benzene rings is 1. The number of hydrogen-bond acceptors (Lipinski definition) is 5. The number of halogens is 2. The van der Waals surface area contributed by atoms with E-state index < -0.39 is 15.9 Å². The molecule has 3 aromatic rings. The molecule has 0 spiro atoms. The van der Waals surface area contributed by atoms with Gasteiger partial charge in [-0.05, 0) is 48.7 Å². The highest BCUT2D eigenvalue weighted by Crippen LogP contribution is 2.30. The van der Waals surface area contributed by atoms with Crippen LogP contribution in [0.25, 0.3) is 5.82 Å². The number of carbonyl (C=O) groups excluding carboxylic acids is 1. The summed E-state index contributed by atoms with van der Waals surface area (Å²) in [6, 6.07) is 7.70. The fraction of sp³-hybridized carbons (Fsp3) is 0.211. The van der Waals surface area contributed by atoms with Crippen LogP contribution in [-0.2, 0) is 16.6 Å². The van der Waals surface area contributed by atoms with Crippen molar-refractivity contribution in [2.75, 3.05) is 0 Å². The summed E-state index contributed by atoms with van der Waals surface area (Å²) in [5.41, 5.74) is 0.816. The Bertz CT molecular complexity index is 1190. The number of rotatable bonds is 7. The number of sulfonamides is 1. The Labute approximate surface area is 183 Å². The molecular weight excluding hydrogens is 449 g/mol. The van der Waals surface area contributed by atoms with E-state index in [2.05, 4.69) is 20.1 Å². The van der Waals surface area contributed by atoms with E-state index in [1.165, 1.54) is 12.1 Å². The Morgan fingerprint density at radius 3 is 2.67 bits per heavy atom. The molecule has 0 radical (unpaired) electrons. The first-order chi connectivity index (χ1) is 14.3. The molecule has 0 atom stereocenters. The van der Waals surface area contributed by atoms with Crippen LogP contribution in [-0.4, -0.2) is 35.1 Å². The second-order valence-electron chi connectivity index (χ2n) is 6.81. The summed E-state index contributed by atoms with van der Waals surface area (Å²) in [7, 11) is -3.84. The highest BCUT2D eigenvalue weighted by Gasteiger charge is 2.30. The van der Waals surface area contributed by atoms with Crippen molar-refractivity contribution in [1.82, 2.24) is 24.8 Å². The van der Waals surface area contributed by atoms with E-state index in [9.17, 15) is 13.2 Å². The molecule has 1 aliphatic carbocycles. The van der Waals surface area contributed by atoms with Gasteiger partial charge in [-0.15, -0.1) is 0 Å². The van der Waals surface area contributed by atoms with Crippen molar-refractivity contribution in [3.05, 3.63) is 70.1 Å². The fourth-order valence-electron chi connectivity index (χ4n) is 2.77. The van der Waals surface area contributed by atoms with Gasteiger partial charge in [-0.25, -0.2) is 22.8 Å². The molecule has 156 valence electrons. The van der Waals surface area contributed by atoms with Crippen LogP contribution in [0.3, 0.4) is 0 Å². The Hall–Kier alpha value is -2.46. The summed E-state index contributed by atoms with van der Waals surface area (Å²) in [5.74, 6) is 0.0906. The van der Waals surface area contributed by atoms with Gasteiger partial charge in [0.15, 0.2) is 5.82 Å². The topological polar surface area (TPSA) is 106 Å². The fourth-order valence-corrected chi connectivity index (χ4v) is 4.93. The molecule has 1 fully saturated rings. The lowest BCUT2D eigenvalue weighted by molar-refractivity contribution is 0.0951.